The van der Waals surface area contributed by atoms with Crippen LogP contribution in [0.15, 0.2) is 157 Å². The summed E-state index contributed by atoms with van der Waals surface area (Å²) < 4.78 is 0. The van der Waals surface area contributed by atoms with E-state index in [1.807, 2.05) is 0 Å². The van der Waals surface area contributed by atoms with Crippen molar-refractivity contribution < 1.29 is 0 Å². The molecule has 0 bridgehead atoms. The SMILES string of the molecule is C1=CC(CN2Cc3ccc4ccccc4c3-c3c(ccc4ccccc34)C2)C(P(c2ccccc2)c2ccccc2)=C1. The molecule has 0 aromatic heterocycles. The molecule has 1 aliphatic heterocycles. The number of nitrogens with zero attached hydrogens (tertiary/aromatic N) is 1. The molecule has 0 saturated heterocycles. The lowest BCUT2D eigenvalue weighted by atomic mass is 9.88. The third-order valence-electron chi connectivity index (χ3n) is 8.80. The van der Waals surface area contributed by atoms with Gasteiger partial charge in [-0.25, -0.2) is 0 Å². The van der Waals surface area contributed by atoms with Crippen molar-refractivity contribution in [2.24, 2.45) is 5.92 Å². The van der Waals surface area contributed by atoms with Crippen molar-refractivity contribution in [3.8, 4) is 11.1 Å². The van der Waals surface area contributed by atoms with Crippen LogP contribution in [0.4, 0.5) is 0 Å². The van der Waals surface area contributed by atoms with Crippen LogP contribution in [-0.2, 0) is 13.1 Å². The summed E-state index contributed by atoms with van der Waals surface area (Å²) in [5, 5.41) is 9.71. The van der Waals surface area contributed by atoms with Crippen molar-refractivity contribution in [2.75, 3.05) is 6.54 Å². The van der Waals surface area contributed by atoms with Gasteiger partial charge >= 0.3 is 0 Å². The van der Waals surface area contributed by atoms with E-state index in [-0.39, 0.29) is 0 Å². The normalized spacial score (nSPS) is 16.4. The Morgan fingerprint density at radius 1 is 0.548 bits per heavy atom. The quantitative estimate of drug-likeness (QED) is 0.191. The maximum atomic E-state index is 2.69. The van der Waals surface area contributed by atoms with Crippen molar-refractivity contribution in [3.63, 3.8) is 0 Å². The van der Waals surface area contributed by atoms with Gasteiger partial charge in [0.2, 0.25) is 0 Å². The Morgan fingerprint density at radius 3 is 1.60 bits per heavy atom. The second-order valence-electron chi connectivity index (χ2n) is 11.4. The van der Waals surface area contributed by atoms with Crippen LogP contribution < -0.4 is 10.6 Å². The molecule has 8 rings (SSSR count). The van der Waals surface area contributed by atoms with E-state index in [9.17, 15) is 0 Å². The maximum absolute atomic E-state index is 2.69. The molecular formula is C40H32NP. The summed E-state index contributed by atoms with van der Waals surface area (Å²) in [7, 11) is -0.605. The number of hydrogen-bond acceptors (Lipinski definition) is 1. The zero-order chi connectivity index (χ0) is 27.9. The summed E-state index contributed by atoms with van der Waals surface area (Å²) in [5.74, 6) is 0.377. The summed E-state index contributed by atoms with van der Waals surface area (Å²) in [4.78, 5) is 2.69. The molecule has 6 aromatic rings. The highest BCUT2D eigenvalue weighted by Gasteiger charge is 2.30. The molecule has 0 N–H and O–H groups in total. The molecule has 1 unspecified atom stereocenters. The van der Waals surface area contributed by atoms with Crippen LogP contribution in [0.1, 0.15) is 11.1 Å². The largest absolute Gasteiger partial charge is 0.294 e. The summed E-state index contributed by atoms with van der Waals surface area (Å²) in [5.41, 5.74) is 5.67. The fourth-order valence-electron chi connectivity index (χ4n) is 6.94. The molecule has 0 saturated carbocycles. The zero-order valence-corrected chi connectivity index (χ0v) is 24.4. The van der Waals surface area contributed by atoms with Crippen LogP contribution in [0.25, 0.3) is 32.7 Å². The van der Waals surface area contributed by atoms with Gasteiger partial charge in [0.05, 0.1) is 0 Å². The van der Waals surface area contributed by atoms with Crippen LogP contribution in [0.2, 0.25) is 0 Å². The lowest BCUT2D eigenvalue weighted by Crippen LogP contribution is -2.29. The first kappa shape index (κ1) is 25.4. The molecule has 1 atom stereocenters. The van der Waals surface area contributed by atoms with E-state index in [4.69, 9.17) is 0 Å². The van der Waals surface area contributed by atoms with Crippen molar-refractivity contribution in [1.82, 2.24) is 4.90 Å². The average Bonchev–Trinajstić information content (AvgIpc) is 3.42. The van der Waals surface area contributed by atoms with Crippen LogP contribution in [0, 0.1) is 5.92 Å². The van der Waals surface area contributed by atoms with Crippen molar-refractivity contribution in [1.29, 1.82) is 0 Å². The Hall–Kier alpha value is -4.29. The minimum absolute atomic E-state index is 0.377. The fourth-order valence-corrected chi connectivity index (χ4v) is 9.51. The Kier molecular flexibility index (Phi) is 6.56. The minimum atomic E-state index is -0.605. The first-order valence-electron chi connectivity index (χ1n) is 14.9. The highest BCUT2D eigenvalue weighted by molar-refractivity contribution is 7.76. The van der Waals surface area contributed by atoms with Gasteiger partial charge in [-0.2, -0.15) is 0 Å². The number of hydrogen-bond donors (Lipinski definition) is 0. The van der Waals surface area contributed by atoms with E-state index in [2.05, 4.69) is 157 Å². The van der Waals surface area contributed by atoms with Crippen LogP contribution in [0.3, 0.4) is 0 Å². The van der Waals surface area contributed by atoms with Gasteiger partial charge in [-0.05, 0) is 67.6 Å². The Bertz CT molecular complexity index is 1850. The molecular weight excluding hydrogens is 525 g/mol. The van der Waals surface area contributed by atoms with Crippen LogP contribution >= 0.6 is 7.92 Å². The molecule has 0 amide bonds. The third kappa shape index (κ3) is 4.51. The van der Waals surface area contributed by atoms with E-state index in [0.717, 1.165) is 19.6 Å². The van der Waals surface area contributed by atoms with E-state index in [0.29, 0.717) is 5.92 Å². The van der Waals surface area contributed by atoms with Crippen LogP contribution in [-0.4, -0.2) is 11.4 Å². The summed E-state index contributed by atoms with van der Waals surface area (Å²) in [6.07, 6.45) is 7.13. The van der Waals surface area contributed by atoms with Gasteiger partial charge in [0.25, 0.3) is 0 Å². The number of fused-ring (bicyclic) bond motifs is 7. The van der Waals surface area contributed by atoms with Gasteiger partial charge < -0.3 is 0 Å². The predicted molar refractivity (Wildman–Crippen MR) is 181 cm³/mol. The molecule has 1 heterocycles. The van der Waals surface area contributed by atoms with Crippen molar-refractivity contribution >= 4 is 40.1 Å². The summed E-state index contributed by atoms with van der Waals surface area (Å²) in [6.45, 7) is 2.88. The molecule has 0 spiro atoms. The van der Waals surface area contributed by atoms with E-state index in [1.54, 1.807) is 5.31 Å². The smallest absolute Gasteiger partial charge is 0.0244 e. The van der Waals surface area contributed by atoms with Gasteiger partial charge in [-0.1, -0.05) is 152 Å². The Morgan fingerprint density at radius 2 is 1.05 bits per heavy atom. The molecule has 0 radical (unpaired) electrons. The van der Waals surface area contributed by atoms with Crippen molar-refractivity contribution in [2.45, 2.75) is 13.1 Å². The third-order valence-corrected chi connectivity index (χ3v) is 11.4. The monoisotopic (exact) mass is 557 g/mol. The van der Waals surface area contributed by atoms with Gasteiger partial charge in [0.1, 0.15) is 0 Å². The molecule has 6 aromatic carbocycles. The molecule has 1 aliphatic carbocycles. The van der Waals surface area contributed by atoms with Gasteiger partial charge in [0.15, 0.2) is 0 Å². The molecule has 2 aliphatic rings. The molecule has 2 heteroatoms. The van der Waals surface area contributed by atoms with E-state index < -0.39 is 7.92 Å². The predicted octanol–water partition coefficient (Wildman–Crippen LogP) is 9.18. The maximum Gasteiger partial charge on any atom is 0.0244 e. The van der Waals surface area contributed by atoms with Gasteiger partial charge in [-0.3, -0.25) is 4.90 Å². The summed E-state index contributed by atoms with van der Waals surface area (Å²) in [6, 6.07) is 49.4. The Labute approximate surface area is 249 Å². The first-order valence-corrected chi connectivity index (χ1v) is 16.2. The molecule has 202 valence electrons. The number of rotatable bonds is 5. The average molecular weight is 558 g/mol. The highest BCUT2D eigenvalue weighted by atomic mass is 31.1. The second-order valence-corrected chi connectivity index (χ2v) is 13.6. The minimum Gasteiger partial charge on any atom is -0.294 e. The zero-order valence-electron chi connectivity index (χ0n) is 23.5. The topological polar surface area (TPSA) is 3.24 Å². The van der Waals surface area contributed by atoms with E-state index in [1.165, 1.54) is 54.4 Å². The summed E-state index contributed by atoms with van der Waals surface area (Å²) >= 11 is 0. The Balaban J connectivity index is 1.21. The van der Waals surface area contributed by atoms with Gasteiger partial charge in [-0.15, -0.1) is 0 Å². The number of benzene rings is 6. The van der Waals surface area contributed by atoms with E-state index >= 15 is 0 Å². The molecule has 42 heavy (non-hydrogen) atoms. The second kappa shape index (κ2) is 10.8. The van der Waals surface area contributed by atoms with Crippen LogP contribution in [0.5, 0.6) is 0 Å². The lowest BCUT2D eigenvalue weighted by molar-refractivity contribution is 0.246. The van der Waals surface area contributed by atoms with Crippen molar-refractivity contribution in [3.05, 3.63) is 168 Å². The highest BCUT2D eigenvalue weighted by Crippen LogP contribution is 2.50. The first-order chi connectivity index (χ1) is 20.8. The molecule has 1 nitrogen and oxygen atoms in total. The standard InChI is InChI=1S/C40H32NP/c1-3-15-34(16-4-1)42(35-17-5-2-6-18-35)38-21-11-14-31(38)26-41-27-32-24-22-29-12-7-9-19-36(29)39(32)40-33(28-41)25-23-30-13-8-10-20-37(30)40/h1-25,31H,26-28H2. The molecule has 0 fully saturated rings. The van der Waals surface area contributed by atoms with Gasteiger partial charge in [0, 0.05) is 25.6 Å². The fraction of sp³-hybridized carbons (Fsp3) is 0.100. The lowest BCUT2D eigenvalue weighted by Gasteiger charge is -2.30. The number of allylic oxidation sites excluding steroid dienone is 2.